The molecule has 1 saturated carbocycles. The standard InChI is InChI=1S/C26H35NO7/c1-19(32-16-29-2)23-8-7-21-6-5-20(15-24(21)27-23)9-12-26(25(28)34-18-31-4)13-10-22(11-14-26)33-17-30-3/h5-9,12,15,19,22H,10-11,13-14,16-18H2,1-4H3/t19-,22?,26?/m1/s1. The smallest absolute Gasteiger partial charge is 0.318 e. The van der Waals surface area contributed by atoms with E-state index in [1.807, 2.05) is 49.4 Å². The highest BCUT2D eigenvalue weighted by molar-refractivity contribution is 5.83. The molecular weight excluding hydrogens is 438 g/mol. The van der Waals surface area contributed by atoms with Crippen molar-refractivity contribution in [3.05, 3.63) is 47.7 Å². The molecule has 0 aliphatic heterocycles. The van der Waals surface area contributed by atoms with Crippen molar-refractivity contribution in [2.24, 2.45) is 5.41 Å². The van der Waals surface area contributed by atoms with Gasteiger partial charge in [-0.15, -0.1) is 0 Å². The predicted molar refractivity (Wildman–Crippen MR) is 128 cm³/mol. The molecule has 1 aromatic carbocycles. The number of hydrogen-bond donors (Lipinski definition) is 0. The molecule has 8 nitrogen and oxygen atoms in total. The first-order valence-corrected chi connectivity index (χ1v) is 11.5. The zero-order valence-electron chi connectivity index (χ0n) is 20.5. The lowest BCUT2D eigenvalue weighted by molar-refractivity contribution is -0.167. The lowest BCUT2D eigenvalue weighted by atomic mass is 9.72. The number of benzene rings is 1. The monoisotopic (exact) mass is 473 g/mol. The molecule has 0 radical (unpaired) electrons. The number of methoxy groups -OCH3 is 3. The predicted octanol–water partition coefficient (Wildman–Crippen LogP) is 4.63. The largest absolute Gasteiger partial charge is 0.438 e. The Labute approximate surface area is 201 Å². The molecule has 0 N–H and O–H groups in total. The summed E-state index contributed by atoms with van der Waals surface area (Å²) in [5, 5.41) is 1.03. The summed E-state index contributed by atoms with van der Waals surface area (Å²) in [4.78, 5) is 17.7. The van der Waals surface area contributed by atoms with Crippen molar-refractivity contribution in [3.8, 4) is 0 Å². The van der Waals surface area contributed by atoms with E-state index >= 15 is 0 Å². The molecule has 1 aliphatic rings. The highest BCUT2D eigenvalue weighted by Crippen LogP contribution is 2.40. The van der Waals surface area contributed by atoms with E-state index < -0.39 is 5.41 Å². The van der Waals surface area contributed by atoms with Crippen LogP contribution in [0.15, 0.2) is 36.4 Å². The van der Waals surface area contributed by atoms with E-state index in [2.05, 4.69) is 0 Å². The van der Waals surface area contributed by atoms with Crippen LogP contribution in [0.1, 0.15) is 50.0 Å². The second-order valence-corrected chi connectivity index (χ2v) is 8.50. The van der Waals surface area contributed by atoms with E-state index in [1.54, 1.807) is 14.2 Å². The lowest BCUT2D eigenvalue weighted by Gasteiger charge is -2.35. The van der Waals surface area contributed by atoms with Crippen molar-refractivity contribution >= 4 is 22.9 Å². The zero-order valence-corrected chi connectivity index (χ0v) is 20.5. The van der Waals surface area contributed by atoms with Crippen LogP contribution in [0.5, 0.6) is 0 Å². The third-order valence-corrected chi connectivity index (χ3v) is 6.15. The number of fused-ring (bicyclic) bond motifs is 1. The Hall–Kier alpha value is -2.36. The number of carbonyl (C=O) groups is 1. The lowest BCUT2D eigenvalue weighted by Crippen LogP contribution is -2.37. The van der Waals surface area contributed by atoms with Gasteiger partial charge >= 0.3 is 5.97 Å². The van der Waals surface area contributed by atoms with Crippen LogP contribution in [-0.4, -0.2) is 58.8 Å². The van der Waals surface area contributed by atoms with E-state index in [9.17, 15) is 4.79 Å². The Morgan fingerprint density at radius 1 is 1.06 bits per heavy atom. The van der Waals surface area contributed by atoms with Crippen molar-refractivity contribution in [1.82, 2.24) is 4.98 Å². The van der Waals surface area contributed by atoms with E-state index in [1.165, 1.54) is 7.11 Å². The molecule has 3 rings (SSSR count). The van der Waals surface area contributed by atoms with E-state index in [-0.39, 0.29) is 38.6 Å². The van der Waals surface area contributed by atoms with Gasteiger partial charge in [0.05, 0.1) is 28.8 Å². The maximum absolute atomic E-state index is 13.0. The van der Waals surface area contributed by atoms with Gasteiger partial charge < -0.3 is 28.4 Å². The van der Waals surface area contributed by atoms with Gasteiger partial charge in [-0.05, 0) is 50.3 Å². The fourth-order valence-corrected chi connectivity index (χ4v) is 4.12. The molecule has 1 atom stereocenters. The molecule has 0 amide bonds. The summed E-state index contributed by atoms with van der Waals surface area (Å²) < 4.78 is 31.6. The van der Waals surface area contributed by atoms with Crippen molar-refractivity contribution in [3.63, 3.8) is 0 Å². The van der Waals surface area contributed by atoms with Crippen molar-refractivity contribution in [1.29, 1.82) is 0 Å². The van der Waals surface area contributed by atoms with Crippen LogP contribution in [0.25, 0.3) is 17.0 Å². The first kappa shape index (κ1) is 26.2. The number of nitrogens with zero attached hydrogens (tertiary/aromatic N) is 1. The average molecular weight is 474 g/mol. The number of esters is 1. The van der Waals surface area contributed by atoms with Crippen LogP contribution >= 0.6 is 0 Å². The Balaban J connectivity index is 1.80. The SMILES string of the molecule is COCOC(=O)C1(C=Cc2ccc3ccc([C@@H](C)OCOC)nc3c2)CCC(OCOC)CC1. The van der Waals surface area contributed by atoms with Crippen LogP contribution in [0.2, 0.25) is 0 Å². The van der Waals surface area contributed by atoms with Gasteiger partial charge in [0.2, 0.25) is 0 Å². The minimum atomic E-state index is -0.724. The van der Waals surface area contributed by atoms with Crippen LogP contribution < -0.4 is 0 Å². The summed E-state index contributed by atoms with van der Waals surface area (Å²) in [6.45, 7) is 2.34. The summed E-state index contributed by atoms with van der Waals surface area (Å²) in [6.07, 6.45) is 6.58. The van der Waals surface area contributed by atoms with Gasteiger partial charge in [0.1, 0.15) is 13.6 Å². The number of rotatable bonds is 12. The third-order valence-electron chi connectivity index (χ3n) is 6.15. The molecule has 2 aromatic rings. The van der Waals surface area contributed by atoms with Crippen molar-refractivity contribution < 1.29 is 33.2 Å². The fourth-order valence-electron chi connectivity index (χ4n) is 4.12. The molecule has 1 aliphatic carbocycles. The normalized spacial score (nSPS) is 21.7. The molecule has 0 unspecified atom stereocenters. The summed E-state index contributed by atoms with van der Waals surface area (Å²) in [5.41, 5.74) is 1.93. The van der Waals surface area contributed by atoms with E-state index in [0.717, 1.165) is 35.0 Å². The Bertz CT molecular complexity index is 953. The second kappa shape index (κ2) is 12.9. The molecule has 8 heteroatoms. The zero-order chi connectivity index (χ0) is 24.4. The summed E-state index contributed by atoms with van der Waals surface area (Å²) in [7, 11) is 4.70. The van der Waals surface area contributed by atoms with Gasteiger partial charge in [0, 0.05) is 26.7 Å². The van der Waals surface area contributed by atoms with Crippen LogP contribution in [0.3, 0.4) is 0 Å². The fraction of sp³-hybridized carbons (Fsp3) is 0.538. The molecule has 1 aromatic heterocycles. The molecular formula is C26H35NO7. The number of aromatic nitrogens is 1. The Morgan fingerprint density at radius 2 is 1.76 bits per heavy atom. The van der Waals surface area contributed by atoms with Gasteiger partial charge in [-0.3, -0.25) is 9.78 Å². The van der Waals surface area contributed by atoms with Crippen LogP contribution in [-0.2, 0) is 33.2 Å². The second-order valence-electron chi connectivity index (χ2n) is 8.50. The summed E-state index contributed by atoms with van der Waals surface area (Å²) >= 11 is 0. The number of pyridine rings is 1. The number of ether oxygens (including phenoxy) is 6. The quantitative estimate of drug-likeness (QED) is 0.326. The topological polar surface area (TPSA) is 85.3 Å². The average Bonchev–Trinajstić information content (AvgIpc) is 2.88. The molecule has 0 saturated heterocycles. The van der Waals surface area contributed by atoms with Crippen LogP contribution in [0, 0.1) is 5.41 Å². The van der Waals surface area contributed by atoms with Crippen LogP contribution in [0.4, 0.5) is 0 Å². The first-order chi connectivity index (χ1) is 16.5. The number of hydrogen-bond acceptors (Lipinski definition) is 8. The maximum atomic E-state index is 13.0. The summed E-state index contributed by atoms with van der Waals surface area (Å²) in [5.74, 6) is -0.277. The van der Waals surface area contributed by atoms with Crippen molar-refractivity contribution in [2.45, 2.75) is 44.8 Å². The summed E-state index contributed by atoms with van der Waals surface area (Å²) in [6, 6.07) is 10.1. The van der Waals surface area contributed by atoms with Gasteiger partial charge in [0.25, 0.3) is 0 Å². The van der Waals surface area contributed by atoms with Gasteiger partial charge in [0.15, 0.2) is 6.79 Å². The van der Waals surface area contributed by atoms with E-state index in [0.29, 0.717) is 12.8 Å². The van der Waals surface area contributed by atoms with E-state index in [4.69, 9.17) is 33.4 Å². The van der Waals surface area contributed by atoms with Gasteiger partial charge in [-0.25, -0.2) is 0 Å². The first-order valence-electron chi connectivity index (χ1n) is 11.5. The molecule has 0 spiro atoms. The van der Waals surface area contributed by atoms with Gasteiger partial charge in [-0.2, -0.15) is 0 Å². The molecule has 186 valence electrons. The minimum absolute atomic E-state index is 0.0655. The van der Waals surface area contributed by atoms with Gasteiger partial charge in [-0.1, -0.05) is 30.4 Å². The molecule has 1 heterocycles. The third kappa shape index (κ3) is 6.84. The minimum Gasteiger partial charge on any atom is -0.438 e. The van der Waals surface area contributed by atoms with Crippen molar-refractivity contribution in [2.75, 3.05) is 41.7 Å². The maximum Gasteiger partial charge on any atom is 0.318 e. The molecule has 1 fully saturated rings. The molecule has 0 bridgehead atoms. The highest BCUT2D eigenvalue weighted by atomic mass is 16.7. The molecule has 34 heavy (non-hydrogen) atoms. The number of carbonyl (C=O) groups excluding carboxylic acids is 1. The Kier molecular flexibility index (Phi) is 9.98. The highest BCUT2D eigenvalue weighted by Gasteiger charge is 2.41. The Morgan fingerprint density at radius 3 is 2.47 bits per heavy atom.